The second-order valence-corrected chi connectivity index (χ2v) is 9.25. The molecule has 0 unspecified atom stereocenters. The summed E-state index contributed by atoms with van der Waals surface area (Å²) in [5.41, 5.74) is 5.72. The third-order valence-corrected chi connectivity index (χ3v) is 5.57. The van der Waals surface area contributed by atoms with E-state index in [9.17, 15) is 8.42 Å². The third-order valence-electron chi connectivity index (χ3n) is 5.10. The molecule has 0 aliphatic rings. The van der Waals surface area contributed by atoms with Crippen molar-refractivity contribution in [1.82, 2.24) is 0 Å². The van der Waals surface area contributed by atoms with Crippen LogP contribution in [0.4, 0.5) is 0 Å². The Kier molecular flexibility index (Phi) is 22.5. The molecule has 0 radical (unpaired) electrons. The van der Waals surface area contributed by atoms with E-state index in [1.165, 1.54) is 44.9 Å². The molecular weight excluding hydrogens is 390 g/mol. The van der Waals surface area contributed by atoms with Crippen LogP contribution in [-0.2, 0) is 14.6 Å². The van der Waals surface area contributed by atoms with Gasteiger partial charge in [0.2, 0.25) is 0 Å². The van der Waals surface area contributed by atoms with Crippen molar-refractivity contribution in [2.45, 2.75) is 129 Å². The zero-order valence-corrected chi connectivity index (χ0v) is 20.1. The lowest BCUT2D eigenvalue weighted by atomic mass is 9.89. The van der Waals surface area contributed by atoms with Crippen LogP contribution in [0.25, 0.3) is 0 Å². The van der Waals surface area contributed by atoms with Crippen molar-refractivity contribution in [3.05, 3.63) is 0 Å². The Morgan fingerprint density at radius 1 is 0.724 bits per heavy atom. The van der Waals surface area contributed by atoms with Gasteiger partial charge < -0.3 is 10.8 Å². The molecule has 0 saturated carbocycles. The van der Waals surface area contributed by atoms with Crippen LogP contribution in [0.1, 0.15) is 124 Å². The Morgan fingerprint density at radius 3 is 1.45 bits per heavy atom. The van der Waals surface area contributed by atoms with Gasteiger partial charge in [0, 0.05) is 5.54 Å². The van der Waals surface area contributed by atoms with E-state index in [-0.39, 0.29) is 18.8 Å². The Morgan fingerprint density at radius 2 is 1.10 bits per heavy atom. The van der Waals surface area contributed by atoms with E-state index < -0.39 is 10.4 Å². The van der Waals surface area contributed by atoms with Gasteiger partial charge in [-0.25, -0.2) is 4.18 Å². The number of hydrogen-bond acceptors (Lipinski definition) is 5. The van der Waals surface area contributed by atoms with Crippen molar-refractivity contribution in [2.75, 3.05) is 13.2 Å². The summed E-state index contributed by atoms with van der Waals surface area (Å²) in [6.07, 6.45) is 18.3. The van der Waals surface area contributed by atoms with E-state index in [4.69, 9.17) is 15.4 Å². The van der Waals surface area contributed by atoms with Crippen LogP contribution >= 0.6 is 0 Å². The molecular formula is C22H49NO5S. The van der Waals surface area contributed by atoms with Crippen LogP contribution in [0.5, 0.6) is 0 Å². The lowest BCUT2D eigenvalue weighted by Crippen LogP contribution is -2.43. The first-order valence-corrected chi connectivity index (χ1v) is 13.1. The van der Waals surface area contributed by atoms with Crippen LogP contribution in [0.3, 0.4) is 0 Å². The van der Waals surface area contributed by atoms with Gasteiger partial charge in [-0.05, 0) is 19.3 Å². The molecule has 6 nitrogen and oxygen atoms in total. The Bertz CT molecular complexity index is 421. The zero-order valence-electron chi connectivity index (χ0n) is 19.3. The molecule has 0 bridgehead atoms. The summed E-state index contributed by atoms with van der Waals surface area (Å²) in [5.74, 6) is 0. The summed E-state index contributed by atoms with van der Waals surface area (Å²) in [6.45, 7) is 6.74. The van der Waals surface area contributed by atoms with Crippen molar-refractivity contribution < 1.29 is 22.3 Å². The van der Waals surface area contributed by atoms with Gasteiger partial charge in [-0.3, -0.25) is 4.55 Å². The monoisotopic (exact) mass is 439 g/mol. The topological polar surface area (TPSA) is 110 Å². The van der Waals surface area contributed by atoms with Crippen LogP contribution < -0.4 is 5.73 Å². The normalized spacial score (nSPS) is 11.9. The fraction of sp³-hybridized carbons (Fsp3) is 1.00. The minimum absolute atomic E-state index is 0.0926. The van der Waals surface area contributed by atoms with Gasteiger partial charge >= 0.3 is 10.4 Å². The van der Waals surface area contributed by atoms with Crippen molar-refractivity contribution in [2.24, 2.45) is 5.73 Å². The zero-order chi connectivity index (χ0) is 22.4. The minimum atomic E-state index is -4.23. The fourth-order valence-electron chi connectivity index (χ4n) is 3.09. The SMILES string of the molecule is CCCCC(N)(CO)CCCC.CCCCCCCCCCCCOS(=O)(=O)O. The van der Waals surface area contributed by atoms with E-state index >= 15 is 0 Å². The van der Waals surface area contributed by atoms with E-state index in [2.05, 4.69) is 25.0 Å². The number of rotatable bonds is 19. The molecule has 29 heavy (non-hydrogen) atoms. The summed E-state index contributed by atoms with van der Waals surface area (Å²) in [5, 5.41) is 9.11. The Hall–Kier alpha value is -0.210. The number of unbranched alkanes of at least 4 members (excludes halogenated alkanes) is 11. The van der Waals surface area contributed by atoms with Gasteiger partial charge in [-0.2, -0.15) is 8.42 Å². The molecule has 0 saturated heterocycles. The molecule has 0 atom stereocenters. The van der Waals surface area contributed by atoms with E-state index in [1.807, 2.05) is 0 Å². The molecule has 0 aromatic rings. The van der Waals surface area contributed by atoms with Crippen LogP contribution in [0.2, 0.25) is 0 Å². The number of aliphatic hydroxyl groups is 1. The highest BCUT2D eigenvalue weighted by atomic mass is 32.3. The standard InChI is InChI=1S/C12H26O4S.C10H23NO/c1-2-3-4-5-6-7-8-9-10-11-12-16-17(13,14)15;1-3-5-7-10(11,9-12)8-6-4-2/h2-12H2,1H3,(H,13,14,15);12H,3-9,11H2,1-2H3. The first-order chi connectivity index (χ1) is 13.7. The Balaban J connectivity index is 0. The minimum Gasteiger partial charge on any atom is -0.394 e. The third kappa shape index (κ3) is 25.8. The highest BCUT2D eigenvalue weighted by Crippen LogP contribution is 2.17. The average Bonchev–Trinajstić information content (AvgIpc) is 2.68. The Labute approximate surface area is 180 Å². The van der Waals surface area contributed by atoms with Gasteiger partial charge in [0.05, 0.1) is 13.2 Å². The maximum atomic E-state index is 10.2. The van der Waals surface area contributed by atoms with Crippen molar-refractivity contribution in [3.8, 4) is 0 Å². The van der Waals surface area contributed by atoms with Gasteiger partial charge in [0.1, 0.15) is 0 Å². The molecule has 0 heterocycles. The number of aliphatic hydroxyl groups excluding tert-OH is 1. The van der Waals surface area contributed by atoms with Gasteiger partial charge in [0.15, 0.2) is 0 Å². The van der Waals surface area contributed by atoms with Crippen molar-refractivity contribution in [1.29, 1.82) is 0 Å². The molecule has 0 fully saturated rings. The maximum absolute atomic E-state index is 10.2. The predicted molar refractivity (Wildman–Crippen MR) is 122 cm³/mol. The average molecular weight is 440 g/mol. The molecule has 178 valence electrons. The van der Waals surface area contributed by atoms with E-state index in [0.29, 0.717) is 6.42 Å². The summed E-state index contributed by atoms with van der Waals surface area (Å²) in [4.78, 5) is 0. The largest absolute Gasteiger partial charge is 0.397 e. The maximum Gasteiger partial charge on any atom is 0.397 e. The number of hydrogen-bond donors (Lipinski definition) is 3. The fourth-order valence-corrected chi connectivity index (χ4v) is 3.42. The molecule has 0 aromatic carbocycles. The molecule has 0 spiro atoms. The summed E-state index contributed by atoms with van der Waals surface area (Å²) in [6, 6.07) is 0. The van der Waals surface area contributed by atoms with Crippen LogP contribution in [-0.4, -0.2) is 36.8 Å². The first kappa shape index (κ1) is 31.0. The summed E-state index contributed by atoms with van der Waals surface area (Å²) < 4.78 is 33.0. The smallest absolute Gasteiger partial charge is 0.394 e. The summed E-state index contributed by atoms with van der Waals surface area (Å²) in [7, 11) is -4.23. The molecule has 0 rings (SSSR count). The molecule has 0 aliphatic carbocycles. The van der Waals surface area contributed by atoms with Crippen LogP contribution in [0.15, 0.2) is 0 Å². The lowest BCUT2D eigenvalue weighted by molar-refractivity contribution is 0.173. The second-order valence-electron chi connectivity index (χ2n) is 8.16. The van der Waals surface area contributed by atoms with Gasteiger partial charge in [-0.1, -0.05) is 104 Å². The second kappa shape index (κ2) is 21.0. The molecule has 0 amide bonds. The molecule has 0 aromatic heterocycles. The molecule has 7 heteroatoms. The quantitative estimate of drug-likeness (QED) is 0.174. The first-order valence-electron chi connectivity index (χ1n) is 11.8. The van der Waals surface area contributed by atoms with Crippen LogP contribution in [0, 0.1) is 0 Å². The molecule has 4 N–H and O–H groups in total. The van der Waals surface area contributed by atoms with Gasteiger partial charge in [0.25, 0.3) is 0 Å². The van der Waals surface area contributed by atoms with Crippen molar-refractivity contribution >= 4 is 10.4 Å². The molecule has 0 aliphatic heterocycles. The highest BCUT2D eigenvalue weighted by Gasteiger charge is 2.21. The van der Waals surface area contributed by atoms with Gasteiger partial charge in [-0.15, -0.1) is 0 Å². The lowest BCUT2D eigenvalue weighted by Gasteiger charge is -2.26. The van der Waals surface area contributed by atoms with E-state index in [0.717, 1.165) is 51.4 Å². The summed E-state index contributed by atoms with van der Waals surface area (Å²) >= 11 is 0. The highest BCUT2D eigenvalue weighted by molar-refractivity contribution is 7.80. The van der Waals surface area contributed by atoms with Crippen molar-refractivity contribution in [3.63, 3.8) is 0 Å². The van der Waals surface area contributed by atoms with E-state index in [1.54, 1.807) is 0 Å². The predicted octanol–water partition coefficient (Wildman–Crippen LogP) is 5.78. The number of nitrogens with two attached hydrogens (primary N) is 1.